The van der Waals surface area contributed by atoms with E-state index >= 15 is 0 Å². The van der Waals surface area contributed by atoms with Crippen molar-refractivity contribution in [1.82, 2.24) is 19.6 Å². The lowest BCUT2D eigenvalue weighted by Crippen LogP contribution is -2.19. The standard InChI is InChI=1S/C21H17BrClFN6OS/c22-14-4-6-16(7-5-14)31-13-30-11-15(10-25-30)26-21(32)27-20-8-9-29(28-20)12-17-18(23)2-1-3-19(17)24/h1-11H,12-13H2,(H2,26,27,28,32). The first-order valence-electron chi connectivity index (χ1n) is 9.41. The van der Waals surface area contributed by atoms with Gasteiger partial charge in [-0.2, -0.15) is 10.2 Å². The number of nitrogens with zero attached hydrogens (tertiary/aromatic N) is 4. The summed E-state index contributed by atoms with van der Waals surface area (Å²) in [5, 5.41) is 15.3. The van der Waals surface area contributed by atoms with Gasteiger partial charge in [0.15, 0.2) is 17.7 Å². The molecule has 2 aromatic carbocycles. The van der Waals surface area contributed by atoms with Crippen molar-refractivity contribution in [2.45, 2.75) is 13.3 Å². The van der Waals surface area contributed by atoms with Gasteiger partial charge >= 0.3 is 0 Å². The Morgan fingerprint density at radius 1 is 1.12 bits per heavy atom. The summed E-state index contributed by atoms with van der Waals surface area (Å²) in [6.07, 6.45) is 5.12. The predicted octanol–water partition coefficient (Wildman–Crippen LogP) is 5.53. The molecule has 0 unspecified atom stereocenters. The van der Waals surface area contributed by atoms with Gasteiger partial charge in [-0.15, -0.1) is 0 Å². The van der Waals surface area contributed by atoms with Gasteiger partial charge in [-0.1, -0.05) is 33.6 Å². The van der Waals surface area contributed by atoms with Gasteiger partial charge < -0.3 is 15.4 Å². The minimum Gasteiger partial charge on any atom is -0.471 e. The molecule has 0 saturated heterocycles. The van der Waals surface area contributed by atoms with Gasteiger partial charge in [0, 0.05) is 27.3 Å². The average Bonchev–Trinajstić information content (AvgIpc) is 3.39. The number of benzene rings is 2. The van der Waals surface area contributed by atoms with E-state index in [0.717, 1.165) is 10.2 Å². The predicted molar refractivity (Wildman–Crippen MR) is 130 cm³/mol. The minimum atomic E-state index is -0.374. The first-order chi connectivity index (χ1) is 15.5. The lowest BCUT2D eigenvalue weighted by molar-refractivity contribution is 0.221. The summed E-state index contributed by atoms with van der Waals surface area (Å²) < 4.78 is 23.9. The maximum absolute atomic E-state index is 14.0. The summed E-state index contributed by atoms with van der Waals surface area (Å²) in [5.74, 6) is 0.879. The molecule has 0 bridgehead atoms. The van der Waals surface area contributed by atoms with Gasteiger partial charge in [-0.05, 0) is 48.6 Å². The Kier molecular flexibility index (Phi) is 7.03. The molecule has 0 radical (unpaired) electrons. The van der Waals surface area contributed by atoms with E-state index < -0.39 is 0 Å². The van der Waals surface area contributed by atoms with Crippen molar-refractivity contribution in [3.8, 4) is 5.75 Å². The Hall–Kier alpha value is -2.95. The molecular formula is C21H17BrClFN6OS. The van der Waals surface area contributed by atoms with E-state index in [0.29, 0.717) is 27.2 Å². The zero-order valence-electron chi connectivity index (χ0n) is 16.5. The quantitative estimate of drug-likeness (QED) is 0.303. The number of rotatable bonds is 7. The third-order valence-corrected chi connectivity index (χ3v) is 5.42. The number of ether oxygens (including phenoxy) is 1. The second-order valence-electron chi connectivity index (χ2n) is 6.67. The van der Waals surface area contributed by atoms with E-state index in [1.54, 1.807) is 46.2 Å². The van der Waals surface area contributed by atoms with E-state index in [1.807, 2.05) is 24.3 Å². The molecule has 2 aromatic heterocycles. The molecule has 4 rings (SSSR count). The topological polar surface area (TPSA) is 68.9 Å². The minimum absolute atomic E-state index is 0.207. The van der Waals surface area contributed by atoms with Crippen LogP contribution in [0, 0.1) is 5.82 Å². The molecule has 0 saturated carbocycles. The summed E-state index contributed by atoms with van der Waals surface area (Å²) in [4.78, 5) is 0. The van der Waals surface area contributed by atoms with E-state index in [2.05, 4.69) is 36.8 Å². The van der Waals surface area contributed by atoms with Crippen molar-refractivity contribution in [1.29, 1.82) is 0 Å². The fraction of sp³-hybridized carbons (Fsp3) is 0.0952. The molecule has 7 nitrogen and oxygen atoms in total. The fourth-order valence-electron chi connectivity index (χ4n) is 2.81. The molecule has 11 heteroatoms. The van der Waals surface area contributed by atoms with Gasteiger partial charge in [0.05, 0.1) is 24.6 Å². The molecule has 0 aliphatic carbocycles. The molecule has 4 aromatic rings. The lowest BCUT2D eigenvalue weighted by atomic mass is 10.2. The molecule has 0 amide bonds. The molecule has 2 heterocycles. The summed E-state index contributed by atoms with van der Waals surface area (Å²) in [6.45, 7) is 0.463. The molecule has 0 atom stereocenters. The van der Waals surface area contributed by atoms with Crippen LogP contribution in [0.2, 0.25) is 5.02 Å². The summed E-state index contributed by atoms with van der Waals surface area (Å²) in [5.41, 5.74) is 1.07. The Morgan fingerprint density at radius 3 is 2.72 bits per heavy atom. The summed E-state index contributed by atoms with van der Waals surface area (Å²) in [7, 11) is 0. The number of halogens is 3. The van der Waals surface area contributed by atoms with Crippen LogP contribution in [0.15, 0.2) is 71.6 Å². The number of thiocarbonyl (C=S) groups is 1. The van der Waals surface area contributed by atoms with E-state index in [1.165, 1.54) is 6.07 Å². The van der Waals surface area contributed by atoms with Crippen molar-refractivity contribution in [3.63, 3.8) is 0 Å². The second-order valence-corrected chi connectivity index (χ2v) is 8.40. The first-order valence-corrected chi connectivity index (χ1v) is 11.0. The lowest BCUT2D eigenvalue weighted by Gasteiger charge is -2.08. The van der Waals surface area contributed by atoms with Crippen LogP contribution in [-0.2, 0) is 13.3 Å². The van der Waals surface area contributed by atoms with E-state index in [9.17, 15) is 4.39 Å². The highest BCUT2D eigenvalue weighted by atomic mass is 79.9. The van der Waals surface area contributed by atoms with Crippen LogP contribution in [0.3, 0.4) is 0 Å². The monoisotopic (exact) mass is 534 g/mol. The van der Waals surface area contributed by atoms with Gasteiger partial charge in [0.25, 0.3) is 0 Å². The summed E-state index contributed by atoms with van der Waals surface area (Å²) in [6, 6.07) is 13.9. The highest BCUT2D eigenvalue weighted by Gasteiger charge is 2.10. The van der Waals surface area contributed by atoms with Gasteiger partial charge in [0.2, 0.25) is 0 Å². The van der Waals surface area contributed by atoms with E-state index in [-0.39, 0.29) is 19.1 Å². The normalized spacial score (nSPS) is 10.7. The van der Waals surface area contributed by atoms with Crippen LogP contribution in [0.5, 0.6) is 5.75 Å². The molecule has 0 aliphatic heterocycles. The third kappa shape index (κ3) is 5.84. The van der Waals surface area contributed by atoms with Crippen LogP contribution in [0.1, 0.15) is 5.56 Å². The summed E-state index contributed by atoms with van der Waals surface area (Å²) >= 11 is 14.8. The van der Waals surface area contributed by atoms with Crippen molar-refractivity contribution in [2.75, 3.05) is 10.6 Å². The Balaban J connectivity index is 1.29. The molecule has 32 heavy (non-hydrogen) atoms. The van der Waals surface area contributed by atoms with Crippen molar-refractivity contribution < 1.29 is 9.13 Å². The third-order valence-electron chi connectivity index (χ3n) is 4.33. The highest BCUT2D eigenvalue weighted by Crippen LogP contribution is 2.20. The van der Waals surface area contributed by atoms with Crippen LogP contribution in [-0.4, -0.2) is 24.7 Å². The van der Waals surface area contributed by atoms with Gasteiger partial charge in [-0.25, -0.2) is 9.07 Å². The Morgan fingerprint density at radius 2 is 1.94 bits per heavy atom. The van der Waals surface area contributed by atoms with E-state index in [4.69, 9.17) is 28.6 Å². The van der Waals surface area contributed by atoms with Gasteiger partial charge in [0.1, 0.15) is 11.6 Å². The fourth-order valence-corrected chi connectivity index (χ4v) is 3.52. The van der Waals surface area contributed by atoms with Crippen molar-refractivity contribution in [2.24, 2.45) is 0 Å². The molecule has 164 valence electrons. The molecule has 0 spiro atoms. The average molecular weight is 536 g/mol. The Bertz CT molecular complexity index is 1210. The number of nitrogens with one attached hydrogen (secondary N) is 2. The number of hydrogen-bond acceptors (Lipinski definition) is 4. The smallest absolute Gasteiger partial charge is 0.180 e. The molecule has 0 fully saturated rings. The first kappa shape index (κ1) is 22.3. The number of anilines is 2. The number of aromatic nitrogens is 4. The van der Waals surface area contributed by atoms with Crippen LogP contribution >= 0.6 is 39.7 Å². The highest BCUT2D eigenvalue weighted by molar-refractivity contribution is 9.10. The van der Waals surface area contributed by atoms with Crippen molar-refractivity contribution >= 4 is 56.4 Å². The number of hydrogen-bond donors (Lipinski definition) is 2. The van der Waals surface area contributed by atoms with Crippen LogP contribution in [0.25, 0.3) is 0 Å². The van der Waals surface area contributed by atoms with Crippen LogP contribution in [0.4, 0.5) is 15.9 Å². The Labute approximate surface area is 202 Å². The largest absolute Gasteiger partial charge is 0.471 e. The molecular weight excluding hydrogens is 519 g/mol. The van der Waals surface area contributed by atoms with Gasteiger partial charge in [-0.3, -0.25) is 4.68 Å². The second kappa shape index (κ2) is 10.1. The molecule has 2 N–H and O–H groups in total. The zero-order chi connectivity index (χ0) is 22.5. The van der Waals surface area contributed by atoms with Crippen LogP contribution < -0.4 is 15.4 Å². The van der Waals surface area contributed by atoms with Crippen molar-refractivity contribution in [3.05, 3.63) is 88.0 Å². The SMILES string of the molecule is Fc1cccc(Cl)c1Cn1ccc(NC(=S)Nc2cnn(COc3ccc(Br)cc3)c2)n1. The maximum Gasteiger partial charge on any atom is 0.180 e. The molecule has 0 aliphatic rings. The maximum atomic E-state index is 14.0. The zero-order valence-corrected chi connectivity index (χ0v) is 19.7.